The van der Waals surface area contributed by atoms with Crippen LogP contribution in [0.5, 0.6) is 0 Å². The average Bonchev–Trinajstić information content (AvgIpc) is 2.34. The maximum absolute atomic E-state index is 5.89. The van der Waals surface area contributed by atoms with Crippen molar-refractivity contribution in [1.82, 2.24) is 4.90 Å². The summed E-state index contributed by atoms with van der Waals surface area (Å²) in [5.74, 6) is 0.819. The van der Waals surface area contributed by atoms with Crippen molar-refractivity contribution < 1.29 is 0 Å². The van der Waals surface area contributed by atoms with Gasteiger partial charge in [0.1, 0.15) is 0 Å². The molecule has 1 heterocycles. The van der Waals surface area contributed by atoms with Crippen LogP contribution in [0.1, 0.15) is 25.3 Å². The summed E-state index contributed by atoms with van der Waals surface area (Å²) in [6, 6.07) is 9.01. The Balaban J connectivity index is 0.00000162. The van der Waals surface area contributed by atoms with Crippen LogP contribution in [0.3, 0.4) is 0 Å². The summed E-state index contributed by atoms with van der Waals surface area (Å²) in [5.41, 5.74) is 7.26. The van der Waals surface area contributed by atoms with Gasteiger partial charge in [-0.1, -0.05) is 41.1 Å². The van der Waals surface area contributed by atoms with Crippen LogP contribution in [0.2, 0.25) is 0 Å². The van der Waals surface area contributed by atoms with Gasteiger partial charge in [0.2, 0.25) is 0 Å². The van der Waals surface area contributed by atoms with Crippen molar-refractivity contribution in [3.05, 3.63) is 34.3 Å². The number of rotatable bonds is 3. The lowest BCUT2D eigenvalue weighted by Crippen LogP contribution is -2.45. The summed E-state index contributed by atoms with van der Waals surface area (Å²) >= 11 is 3.62. The van der Waals surface area contributed by atoms with Gasteiger partial charge in [-0.2, -0.15) is 0 Å². The van der Waals surface area contributed by atoms with Gasteiger partial charge in [0.05, 0.1) is 0 Å². The number of nitrogens with zero attached hydrogens (tertiary/aromatic N) is 1. The standard InChI is InChI=1S/C14H21BrN2.ClH/c1-11-6-7-17(13(8-11)9-16)10-12-4-2-3-5-14(12)15;/h2-5,11,13H,6-10,16H2,1H3;1H. The monoisotopic (exact) mass is 332 g/mol. The Morgan fingerprint density at radius 3 is 2.78 bits per heavy atom. The third-order valence-corrected chi connectivity index (χ3v) is 4.48. The zero-order valence-corrected chi connectivity index (χ0v) is 13.2. The Morgan fingerprint density at radius 1 is 1.39 bits per heavy atom. The number of piperidine rings is 1. The van der Waals surface area contributed by atoms with Crippen LogP contribution in [-0.4, -0.2) is 24.0 Å². The topological polar surface area (TPSA) is 29.3 Å². The molecule has 2 rings (SSSR count). The summed E-state index contributed by atoms with van der Waals surface area (Å²) < 4.78 is 1.20. The van der Waals surface area contributed by atoms with Gasteiger partial charge >= 0.3 is 0 Å². The average molecular weight is 334 g/mol. The number of likely N-dealkylation sites (tertiary alicyclic amines) is 1. The van der Waals surface area contributed by atoms with Crippen molar-refractivity contribution in [2.75, 3.05) is 13.1 Å². The summed E-state index contributed by atoms with van der Waals surface area (Å²) in [7, 11) is 0. The van der Waals surface area contributed by atoms with Gasteiger partial charge in [-0.25, -0.2) is 0 Å². The van der Waals surface area contributed by atoms with E-state index < -0.39 is 0 Å². The molecule has 0 bridgehead atoms. The Labute approximate surface area is 124 Å². The molecule has 1 aromatic rings. The first kappa shape index (κ1) is 16.0. The SMILES string of the molecule is CC1CCN(Cc2ccccc2Br)C(CN)C1.Cl. The number of nitrogens with two attached hydrogens (primary N) is 1. The molecule has 0 radical (unpaired) electrons. The highest BCUT2D eigenvalue weighted by molar-refractivity contribution is 9.10. The van der Waals surface area contributed by atoms with Gasteiger partial charge in [-0.3, -0.25) is 4.90 Å². The quantitative estimate of drug-likeness (QED) is 0.918. The van der Waals surface area contributed by atoms with E-state index >= 15 is 0 Å². The second-order valence-corrected chi connectivity index (χ2v) is 5.94. The zero-order chi connectivity index (χ0) is 12.3. The molecular formula is C14H22BrClN2. The predicted molar refractivity (Wildman–Crippen MR) is 83.0 cm³/mol. The second kappa shape index (κ2) is 7.49. The van der Waals surface area contributed by atoms with Crippen LogP contribution in [-0.2, 0) is 6.54 Å². The second-order valence-electron chi connectivity index (χ2n) is 5.08. The van der Waals surface area contributed by atoms with Gasteiger partial charge in [0, 0.05) is 23.6 Å². The molecule has 1 aliphatic heterocycles. The number of benzene rings is 1. The third kappa shape index (κ3) is 3.95. The van der Waals surface area contributed by atoms with Crippen LogP contribution in [0.15, 0.2) is 28.7 Å². The van der Waals surface area contributed by atoms with Crippen molar-refractivity contribution in [3.63, 3.8) is 0 Å². The molecule has 1 aliphatic rings. The van der Waals surface area contributed by atoms with Crippen molar-refractivity contribution in [2.24, 2.45) is 11.7 Å². The Bertz CT molecular complexity index is 373. The van der Waals surface area contributed by atoms with E-state index in [1.165, 1.54) is 29.4 Å². The fourth-order valence-electron chi connectivity index (χ4n) is 2.60. The van der Waals surface area contributed by atoms with Crippen LogP contribution in [0, 0.1) is 5.92 Å². The van der Waals surface area contributed by atoms with Gasteiger partial charge < -0.3 is 5.73 Å². The molecule has 0 aromatic heterocycles. The number of halogens is 2. The van der Waals surface area contributed by atoms with Gasteiger partial charge in [0.25, 0.3) is 0 Å². The van der Waals surface area contributed by atoms with E-state index in [2.05, 4.69) is 52.0 Å². The van der Waals surface area contributed by atoms with E-state index in [9.17, 15) is 0 Å². The minimum atomic E-state index is 0. The molecule has 2 unspecified atom stereocenters. The molecule has 1 fully saturated rings. The lowest BCUT2D eigenvalue weighted by atomic mass is 9.92. The maximum atomic E-state index is 5.89. The van der Waals surface area contributed by atoms with Gasteiger partial charge in [-0.05, 0) is 36.9 Å². The molecule has 0 spiro atoms. The van der Waals surface area contributed by atoms with Crippen LogP contribution in [0.4, 0.5) is 0 Å². The normalized spacial score (nSPS) is 24.6. The molecular weight excluding hydrogens is 312 g/mol. The van der Waals surface area contributed by atoms with E-state index in [0.717, 1.165) is 19.0 Å². The fraction of sp³-hybridized carbons (Fsp3) is 0.571. The Kier molecular flexibility index (Phi) is 6.64. The van der Waals surface area contributed by atoms with E-state index in [-0.39, 0.29) is 12.4 Å². The largest absolute Gasteiger partial charge is 0.329 e. The van der Waals surface area contributed by atoms with E-state index in [1.807, 2.05) is 0 Å². The highest BCUT2D eigenvalue weighted by atomic mass is 79.9. The van der Waals surface area contributed by atoms with E-state index in [4.69, 9.17) is 5.73 Å². The molecule has 102 valence electrons. The zero-order valence-electron chi connectivity index (χ0n) is 10.8. The first-order valence-electron chi connectivity index (χ1n) is 6.38. The Hall–Kier alpha value is -0.0900. The molecule has 4 heteroatoms. The predicted octanol–water partition coefficient (Wildman–Crippen LogP) is 3.43. The van der Waals surface area contributed by atoms with Crippen molar-refractivity contribution in [3.8, 4) is 0 Å². The Morgan fingerprint density at radius 2 is 2.11 bits per heavy atom. The summed E-state index contributed by atoms with van der Waals surface area (Å²) in [5, 5.41) is 0. The molecule has 1 aromatic carbocycles. The maximum Gasteiger partial charge on any atom is 0.0248 e. The lowest BCUT2D eigenvalue weighted by molar-refractivity contribution is 0.115. The third-order valence-electron chi connectivity index (χ3n) is 3.70. The van der Waals surface area contributed by atoms with E-state index in [0.29, 0.717) is 6.04 Å². The highest BCUT2D eigenvalue weighted by Crippen LogP contribution is 2.25. The molecule has 2 N–H and O–H groups in total. The minimum Gasteiger partial charge on any atom is -0.329 e. The van der Waals surface area contributed by atoms with Crippen molar-refractivity contribution in [2.45, 2.75) is 32.4 Å². The molecule has 0 amide bonds. The summed E-state index contributed by atoms with van der Waals surface area (Å²) in [6.07, 6.45) is 2.53. The van der Waals surface area contributed by atoms with Gasteiger partial charge in [0.15, 0.2) is 0 Å². The number of hydrogen-bond acceptors (Lipinski definition) is 2. The summed E-state index contributed by atoms with van der Waals surface area (Å²) in [4.78, 5) is 2.53. The first-order valence-corrected chi connectivity index (χ1v) is 7.17. The van der Waals surface area contributed by atoms with Crippen LogP contribution < -0.4 is 5.73 Å². The number of hydrogen-bond donors (Lipinski definition) is 1. The minimum absolute atomic E-state index is 0. The molecule has 2 nitrogen and oxygen atoms in total. The highest BCUT2D eigenvalue weighted by Gasteiger charge is 2.25. The van der Waals surface area contributed by atoms with Crippen molar-refractivity contribution in [1.29, 1.82) is 0 Å². The molecule has 0 aliphatic carbocycles. The first-order chi connectivity index (χ1) is 8.20. The molecule has 18 heavy (non-hydrogen) atoms. The molecule has 0 saturated carbocycles. The fourth-order valence-corrected chi connectivity index (χ4v) is 3.01. The van der Waals surface area contributed by atoms with Gasteiger partial charge in [-0.15, -0.1) is 12.4 Å². The van der Waals surface area contributed by atoms with Crippen LogP contribution in [0.25, 0.3) is 0 Å². The smallest absolute Gasteiger partial charge is 0.0248 e. The van der Waals surface area contributed by atoms with Crippen LogP contribution >= 0.6 is 28.3 Å². The summed E-state index contributed by atoms with van der Waals surface area (Å²) in [6.45, 7) is 5.29. The van der Waals surface area contributed by atoms with E-state index in [1.54, 1.807) is 0 Å². The van der Waals surface area contributed by atoms with Crippen molar-refractivity contribution >= 4 is 28.3 Å². The lowest BCUT2D eigenvalue weighted by Gasteiger charge is -2.38. The molecule has 2 atom stereocenters. The molecule has 1 saturated heterocycles.